The maximum absolute atomic E-state index is 10.4. The van der Waals surface area contributed by atoms with E-state index in [1.807, 2.05) is 43.3 Å². The highest BCUT2D eigenvalue weighted by Gasteiger charge is 2.15. The van der Waals surface area contributed by atoms with Crippen molar-refractivity contribution in [2.45, 2.75) is 19.4 Å². The van der Waals surface area contributed by atoms with Crippen LogP contribution in [0.1, 0.15) is 22.8 Å². The van der Waals surface area contributed by atoms with Gasteiger partial charge in [-0.2, -0.15) is 0 Å². The van der Waals surface area contributed by atoms with E-state index in [4.69, 9.17) is 10.5 Å². The van der Waals surface area contributed by atoms with Crippen molar-refractivity contribution in [1.82, 2.24) is 0 Å². The van der Waals surface area contributed by atoms with E-state index in [0.717, 1.165) is 5.56 Å². The Hall–Kier alpha value is -2.00. The van der Waals surface area contributed by atoms with Crippen LogP contribution in [0.3, 0.4) is 0 Å². The molecule has 3 nitrogen and oxygen atoms in total. The Morgan fingerprint density at radius 1 is 1.16 bits per heavy atom. The Morgan fingerprint density at radius 3 is 2.58 bits per heavy atom. The number of ether oxygens (including phenoxy) is 1. The molecule has 0 radical (unpaired) electrons. The smallest absolute Gasteiger partial charge is 0.142 e. The van der Waals surface area contributed by atoms with Crippen LogP contribution in [0.15, 0.2) is 42.5 Å². The molecular formula is C16H19NO2. The number of nitrogen functional groups attached to an aromatic ring is 1. The lowest BCUT2D eigenvalue weighted by Gasteiger charge is -2.16. The molecule has 0 saturated carbocycles. The van der Waals surface area contributed by atoms with E-state index in [1.165, 1.54) is 5.56 Å². The van der Waals surface area contributed by atoms with Gasteiger partial charge < -0.3 is 15.6 Å². The van der Waals surface area contributed by atoms with Gasteiger partial charge in [-0.15, -0.1) is 0 Å². The number of aliphatic hydroxyl groups is 1. The third-order valence-electron chi connectivity index (χ3n) is 3.35. The molecule has 2 rings (SSSR count). The average molecular weight is 257 g/mol. The van der Waals surface area contributed by atoms with Gasteiger partial charge in [0.25, 0.3) is 0 Å². The van der Waals surface area contributed by atoms with Crippen molar-refractivity contribution in [2.24, 2.45) is 0 Å². The van der Waals surface area contributed by atoms with E-state index in [1.54, 1.807) is 13.2 Å². The summed E-state index contributed by atoms with van der Waals surface area (Å²) in [6.07, 6.45) is -0.0828. The third-order valence-corrected chi connectivity index (χ3v) is 3.35. The highest BCUT2D eigenvalue weighted by molar-refractivity contribution is 5.59. The molecule has 1 atom stereocenters. The fraction of sp³-hybridized carbons (Fsp3) is 0.250. The first-order valence-corrected chi connectivity index (χ1v) is 6.28. The predicted octanol–water partition coefficient (Wildman–Crippen LogP) is 2.86. The molecular weight excluding hydrogens is 238 g/mol. The summed E-state index contributed by atoms with van der Waals surface area (Å²) >= 11 is 0. The molecule has 0 spiro atoms. The standard InChI is InChI=1S/C16H19NO2/c1-11-6-3-4-7-12(11)10-14(18)13-8-5-9-15(19-2)16(13)17/h3-9,14,18H,10,17H2,1-2H3. The Bertz CT molecular complexity index is 566. The molecule has 0 aromatic heterocycles. The summed E-state index contributed by atoms with van der Waals surface area (Å²) in [6.45, 7) is 2.04. The van der Waals surface area contributed by atoms with Crippen LogP contribution in [-0.4, -0.2) is 12.2 Å². The molecule has 2 aromatic rings. The Labute approximate surface area is 113 Å². The molecule has 19 heavy (non-hydrogen) atoms. The number of hydrogen-bond donors (Lipinski definition) is 2. The first kappa shape index (κ1) is 13.4. The Kier molecular flexibility index (Phi) is 4.07. The molecule has 0 aliphatic rings. The largest absolute Gasteiger partial charge is 0.495 e. The van der Waals surface area contributed by atoms with Crippen LogP contribution >= 0.6 is 0 Å². The molecule has 2 aromatic carbocycles. The maximum Gasteiger partial charge on any atom is 0.142 e. The van der Waals surface area contributed by atoms with E-state index in [0.29, 0.717) is 23.4 Å². The number of aryl methyl sites for hydroxylation is 1. The number of aliphatic hydroxyl groups excluding tert-OH is 1. The summed E-state index contributed by atoms with van der Waals surface area (Å²) in [5.74, 6) is 0.598. The minimum Gasteiger partial charge on any atom is -0.495 e. The van der Waals surface area contributed by atoms with Crippen molar-refractivity contribution < 1.29 is 9.84 Å². The molecule has 3 N–H and O–H groups in total. The van der Waals surface area contributed by atoms with Gasteiger partial charge in [0.15, 0.2) is 0 Å². The van der Waals surface area contributed by atoms with E-state index in [9.17, 15) is 5.11 Å². The van der Waals surface area contributed by atoms with Crippen LogP contribution in [-0.2, 0) is 6.42 Å². The second-order valence-electron chi connectivity index (χ2n) is 4.61. The summed E-state index contributed by atoms with van der Waals surface area (Å²) in [4.78, 5) is 0. The van der Waals surface area contributed by atoms with Gasteiger partial charge in [0.1, 0.15) is 5.75 Å². The van der Waals surface area contributed by atoms with Gasteiger partial charge in [-0.1, -0.05) is 36.4 Å². The van der Waals surface area contributed by atoms with E-state index < -0.39 is 6.10 Å². The topological polar surface area (TPSA) is 55.5 Å². The Balaban J connectivity index is 2.26. The van der Waals surface area contributed by atoms with E-state index >= 15 is 0 Å². The molecule has 3 heteroatoms. The van der Waals surface area contributed by atoms with Crippen LogP contribution in [0, 0.1) is 6.92 Å². The lowest BCUT2D eigenvalue weighted by Crippen LogP contribution is -2.07. The van der Waals surface area contributed by atoms with Crippen molar-refractivity contribution in [3.05, 3.63) is 59.2 Å². The number of anilines is 1. The number of rotatable bonds is 4. The molecule has 0 fully saturated rings. The number of hydrogen-bond acceptors (Lipinski definition) is 3. The zero-order chi connectivity index (χ0) is 13.8. The van der Waals surface area contributed by atoms with E-state index in [2.05, 4.69) is 0 Å². The lowest BCUT2D eigenvalue weighted by molar-refractivity contribution is 0.178. The fourth-order valence-electron chi connectivity index (χ4n) is 2.19. The van der Waals surface area contributed by atoms with Crippen molar-refractivity contribution in [1.29, 1.82) is 0 Å². The van der Waals surface area contributed by atoms with Gasteiger partial charge in [0.05, 0.1) is 18.9 Å². The number of para-hydroxylation sites is 1. The zero-order valence-corrected chi connectivity index (χ0v) is 11.3. The monoisotopic (exact) mass is 257 g/mol. The lowest BCUT2D eigenvalue weighted by atomic mass is 9.97. The van der Waals surface area contributed by atoms with Gasteiger partial charge in [-0.3, -0.25) is 0 Å². The minimum atomic E-state index is -0.629. The fourth-order valence-corrected chi connectivity index (χ4v) is 2.19. The van der Waals surface area contributed by atoms with Gasteiger partial charge in [-0.05, 0) is 24.1 Å². The second-order valence-corrected chi connectivity index (χ2v) is 4.61. The minimum absolute atomic E-state index is 0.506. The first-order chi connectivity index (χ1) is 9.13. The molecule has 100 valence electrons. The summed E-state index contributed by atoms with van der Waals surface area (Å²) < 4.78 is 5.17. The van der Waals surface area contributed by atoms with Gasteiger partial charge in [0.2, 0.25) is 0 Å². The van der Waals surface area contributed by atoms with Crippen molar-refractivity contribution in [2.75, 3.05) is 12.8 Å². The maximum atomic E-state index is 10.4. The normalized spacial score (nSPS) is 12.2. The molecule has 0 aliphatic heterocycles. The van der Waals surface area contributed by atoms with Crippen molar-refractivity contribution in [3.63, 3.8) is 0 Å². The summed E-state index contributed by atoms with van der Waals surface area (Å²) in [5, 5.41) is 10.4. The van der Waals surface area contributed by atoms with Crippen LogP contribution < -0.4 is 10.5 Å². The van der Waals surface area contributed by atoms with E-state index in [-0.39, 0.29) is 0 Å². The summed E-state index contributed by atoms with van der Waals surface area (Å²) in [6, 6.07) is 13.5. The highest BCUT2D eigenvalue weighted by Crippen LogP contribution is 2.31. The number of benzene rings is 2. The number of nitrogens with two attached hydrogens (primary N) is 1. The molecule has 0 bridgehead atoms. The van der Waals surface area contributed by atoms with Gasteiger partial charge in [0, 0.05) is 12.0 Å². The predicted molar refractivity (Wildman–Crippen MR) is 77.2 cm³/mol. The van der Waals surface area contributed by atoms with Gasteiger partial charge in [-0.25, -0.2) is 0 Å². The molecule has 0 saturated heterocycles. The molecule has 0 amide bonds. The quantitative estimate of drug-likeness (QED) is 0.828. The molecule has 0 aliphatic carbocycles. The third kappa shape index (κ3) is 2.88. The molecule has 1 unspecified atom stereocenters. The van der Waals surface area contributed by atoms with Crippen LogP contribution in [0.25, 0.3) is 0 Å². The summed E-state index contributed by atoms with van der Waals surface area (Å²) in [5.41, 5.74) is 9.51. The zero-order valence-electron chi connectivity index (χ0n) is 11.3. The van der Waals surface area contributed by atoms with Crippen LogP contribution in [0.4, 0.5) is 5.69 Å². The average Bonchev–Trinajstić information content (AvgIpc) is 2.41. The number of methoxy groups -OCH3 is 1. The van der Waals surface area contributed by atoms with Crippen molar-refractivity contribution >= 4 is 5.69 Å². The van der Waals surface area contributed by atoms with Gasteiger partial charge >= 0.3 is 0 Å². The second kappa shape index (κ2) is 5.76. The van der Waals surface area contributed by atoms with Crippen molar-refractivity contribution in [3.8, 4) is 5.75 Å². The van der Waals surface area contributed by atoms with Crippen LogP contribution in [0.2, 0.25) is 0 Å². The van der Waals surface area contributed by atoms with Crippen LogP contribution in [0.5, 0.6) is 5.75 Å². The highest BCUT2D eigenvalue weighted by atomic mass is 16.5. The SMILES string of the molecule is COc1cccc(C(O)Cc2ccccc2C)c1N. The molecule has 0 heterocycles. The first-order valence-electron chi connectivity index (χ1n) is 6.28. The summed E-state index contributed by atoms with van der Waals surface area (Å²) in [7, 11) is 1.57. The Morgan fingerprint density at radius 2 is 1.89 bits per heavy atom.